The van der Waals surface area contributed by atoms with Crippen molar-refractivity contribution in [2.24, 2.45) is 0 Å². The first-order chi connectivity index (χ1) is 14.5. The Labute approximate surface area is 172 Å². The molecule has 0 heterocycles. The molecule has 0 aromatic heterocycles. The van der Waals surface area contributed by atoms with Gasteiger partial charge in [-0.3, -0.25) is 0 Å². The van der Waals surface area contributed by atoms with Gasteiger partial charge in [0.15, 0.2) is 0 Å². The molecule has 3 heteroatoms. The van der Waals surface area contributed by atoms with Crippen molar-refractivity contribution < 1.29 is 13.2 Å². The lowest BCUT2D eigenvalue weighted by molar-refractivity contribution is -0.137. The molecule has 4 aromatic carbocycles. The van der Waals surface area contributed by atoms with Crippen LogP contribution in [0.4, 0.5) is 13.2 Å². The molecule has 2 aliphatic rings. The molecule has 6 rings (SSSR count). The van der Waals surface area contributed by atoms with Crippen LogP contribution in [0.1, 0.15) is 27.8 Å². The van der Waals surface area contributed by atoms with Crippen LogP contribution in [0.5, 0.6) is 0 Å². The smallest absolute Gasteiger partial charge is 0.166 e. The van der Waals surface area contributed by atoms with Gasteiger partial charge in [0.1, 0.15) is 0 Å². The van der Waals surface area contributed by atoms with Gasteiger partial charge in [-0.15, -0.1) is 0 Å². The quantitative estimate of drug-likeness (QED) is 0.269. The fraction of sp³-hybridized carbons (Fsp3) is 0.111. The van der Waals surface area contributed by atoms with Crippen LogP contribution < -0.4 is 0 Å². The summed E-state index contributed by atoms with van der Waals surface area (Å²) < 4.78 is 42.4. The van der Waals surface area contributed by atoms with Crippen molar-refractivity contribution in [1.82, 2.24) is 0 Å². The lowest BCUT2D eigenvalue weighted by atomic mass is 9.87. The maximum Gasteiger partial charge on any atom is 0.417 e. The molecule has 0 fully saturated rings. The van der Waals surface area contributed by atoms with Crippen molar-refractivity contribution in [3.05, 3.63) is 107 Å². The van der Waals surface area contributed by atoms with Gasteiger partial charge in [0.2, 0.25) is 0 Å². The minimum Gasteiger partial charge on any atom is -0.166 e. The fourth-order valence-electron chi connectivity index (χ4n) is 5.15. The second-order valence-electron chi connectivity index (χ2n) is 8.01. The molecule has 2 aliphatic carbocycles. The maximum atomic E-state index is 14.1. The van der Waals surface area contributed by atoms with Crippen molar-refractivity contribution in [2.45, 2.75) is 19.0 Å². The van der Waals surface area contributed by atoms with Crippen LogP contribution in [-0.4, -0.2) is 0 Å². The van der Waals surface area contributed by atoms with Crippen LogP contribution in [0.3, 0.4) is 0 Å². The molecular weight excluding hydrogens is 381 g/mol. The molecule has 0 bridgehead atoms. The zero-order chi connectivity index (χ0) is 20.5. The number of fused-ring (bicyclic) bond motifs is 6. The average Bonchev–Trinajstić information content (AvgIpc) is 3.30. The molecular formula is C27H17F3. The Bertz CT molecular complexity index is 1330. The van der Waals surface area contributed by atoms with E-state index in [0.717, 1.165) is 38.9 Å². The zero-order valence-electron chi connectivity index (χ0n) is 16.1. The number of rotatable bonds is 1. The molecule has 0 saturated heterocycles. The summed E-state index contributed by atoms with van der Waals surface area (Å²) in [7, 11) is 0. The Hall–Kier alpha value is -3.33. The lowest BCUT2D eigenvalue weighted by Crippen LogP contribution is -2.10. The van der Waals surface area contributed by atoms with Crippen LogP contribution >= 0.6 is 0 Å². The molecule has 0 aliphatic heterocycles. The monoisotopic (exact) mass is 398 g/mol. The summed E-state index contributed by atoms with van der Waals surface area (Å²) in [4.78, 5) is 0. The normalized spacial score (nSPS) is 13.6. The predicted molar refractivity (Wildman–Crippen MR) is 113 cm³/mol. The Morgan fingerprint density at radius 3 is 1.70 bits per heavy atom. The van der Waals surface area contributed by atoms with Gasteiger partial charge in [-0.25, -0.2) is 0 Å². The summed E-state index contributed by atoms with van der Waals surface area (Å²) in [6, 6.07) is 24.7. The van der Waals surface area contributed by atoms with Crippen LogP contribution in [0.25, 0.3) is 33.4 Å². The Morgan fingerprint density at radius 2 is 1.03 bits per heavy atom. The highest BCUT2D eigenvalue weighted by Gasteiger charge is 2.38. The second kappa shape index (κ2) is 6.09. The van der Waals surface area contributed by atoms with Gasteiger partial charge in [-0.05, 0) is 74.5 Å². The molecule has 0 atom stereocenters. The Kier molecular flexibility index (Phi) is 3.55. The summed E-state index contributed by atoms with van der Waals surface area (Å²) in [6.45, 7) is 0. The van der Waals surface area contributed by atoms with Crippen LogP contribution in [0.15, 0.2) is 78.9 Å². The summed E-state index contributed by atoms with van der Waals surface area (Å²) in [5.41, 5.74) is 8.68. The van der Waals surface area contributed by atoms with Crippen molar-refractivity contribution in [2.75, 3.05) is 0 Å². The first-order valence-corrected chi connectivity index (χ1v) is 10.0. The molecule has 0 nitrogen and oxygen atoms in total. The molecule has 0 N–H and O–H groups in total. The van der Waals surface area contributed by atoms with E-state index in [-0.39, 0.29) is 0 Å². The van der Waals surface area contributed by atoms with E-state index in [1.807, 2.05) is 54.6 Å². The van der Waals surface area contributed by atoms with E-state index in [9.17, 15) is 13.2 Å². The third kappa shape index (κ3) is 2.41. The van der Waals surface area contributed by atoms with E-state index in [0.29, 0.717) is 24.0 Å². The third-order valence-corrected chi connectivity index (χ3v) is 6.41. The van der Waals surface area contributed by atoms with E-state index in [1.54, 1.807) is 6.07 Å². The topological polar surface area (TPSA) is 0 Å². The van der Waals surface area contributed by atoms with Crippen molar-refractivity contribution in [3.8, 4) is 33.4 Å². The van der Waals surface area contributed by atoms with Gasteiger partial charge in [0, 0.05) is 0 Å². The summed E-state index contributed by atoms with van der Waals surface area (Å²) in [6.07, 6.45) is -3.22. The number of halogens is 3. The lowest BCUT2D eigenvalue weighted by Gasteiger charge is -2.20. The van der Waals surface area contributed by atoms with Gasteiger partial charge >= 0.3 is 6.18 Å². The van der Waals surface area contributed by atoms with E-state index in [4.69, 9.17) is 0 Å². The minimum absolute atomic E-state index is 0.348. The second-order valence-corrected chi connectivity index (χ2v) is 8.01. The van der Waals surface area contributed by atoms with E-state index < -0.39 is 11.7 Å². The predicted octanol–water partition coefficient (Wildman–Crippen LogP) is 7.51. The number of alkyl halides is 3. The first-order valence-electron chi connectivity index (χ1n) is 10.0. The highest BCUT2D eigenvalue weighted by atomic mass is 19.4. The fourth-order valence-corrected chi connectivity index (χ4v) is 5.15. The molecule has 0 radical (unpaired) electrons. The number of hydrogen-bond acceptors (Lipinski definition) is 0. The number of hydrogen-bond donors (Lipinski definition) is 0. The SMILES string of the molecule is FC(F)(F)c1ccc2c(c1-c1cccc3c1Cc1ccccc1-3)Cc1ccccc1-2. The average molecular weight is 398 g/mol. The van der Waals surface area contributed by atoms with Gasteiger partial charge in [0.25, 0.3) is 0 Å². The minimum atomic E-state index is -4.41. The van der Waals surface area contributed by atoms with Gasteiger partial charge in [0.05, 0.1) is 5.56 Å². The van der Waals surface area contributed by atoms with Gasteiger partial charge in [-0.2, -0.15) is 13.2 Å². The summed E-state index contributed by atoms with van der Waals surface area (Å²) >= 11 is 0. The van der Waals surface area contributed by atoms with Crippen LogP contribution in [0, 0.1) is 0 Å². The highest BCUT2D eigenvalue weighted by molar-refractivity contribution is 5.91. The number of benzene rings is 4. The first kappa shape index (κ1) is 17.5. The maximum absolute atomic E-state index is 14.1. The highest BCUT2D eigenvalue weighted by Crippen LogP contribution is 2.50. The Balaban J connectivity index is 1.65. The van der Waals surface area contributed by atoms with E-state index in [2.05, 4.69) is 12.1 Å². The van der Waals surface area contributed by atoms with E-state index in [1.165, 1.54) is 11.6 Å². The van der Waals surface area contributed by atoms with Crippen molar-refractivity contribution in [3.63, 3.8) is 0 Å². The van der Waals surface area contributed by atoms with Crippen molar-refractivity contribution >= 4 is 0 Å². The molecule has 4 aromatic rings. The standard InChI is InChI=1S/C27H17F3/c28-27(29,30)25-13-12-21-19-9-4-2-7-17(19)15-24(21)26(25)22-11-5-10-20-18-8-3-1-6-16(18)14-23(20)22/h1-13H,14-15H2. The molecule has 0 spiro atoms. The van der Waals surface area contributed by atoms with Crippen LogP contribution in [-0.2, 0) is 19.0 Å². The van der Waals surface area contributed by atoms with E-state index >= 15 is 0 Å². The Morgan fingerprint density at radius 1 is 0.500 bits per heavy atom. The molecule has 0 amide bonds. The van der Waals surface area contributed by atoms with Gasteiger partial charge in [-0.1, -0.05) is 72.8 Å². The van der Waals surface area contributed by atoms with Gasteiger partial charge < -0.3 is 0 Å². The third-order valence-electron chi connectivity index (χ3n) is 6.41. The molecule has 30 heavy (non-hydrogen) atoms. The largest absolute Gasteiger partial charge is 0.417 e. The summed E-state index contributed by atoms with van der Waals surface area (Å²) in [5.74, 6) is 0. The van der Waals surface area contributed by atoms with Crippen molar-refractivity contribution in [1.29, 1.82) is 0 Å². The molecule has 146 valence electrons. The zero-order valence-corrected chi connectivity index (χ0v) is 16.1. The van der Waals surface area contributed by atoms with Crippen LogP contribution in [0.2, 0.25) is 0 Å². The summed E-state index contributed by atoms with van der Waals surface area (Å²) in [5, 5.41) is 0. The molecule has 0 saturated carbocycles. The molecule has 0 unspecified atom stereocenters.